The zero-order valence-electron chi connectivity index (χ0n) is 35.1. The van der Waals surface area contributed by atoms with Crippen molar-refractivity contribution >= 4 is 23.7 Å². The highest BCUT2D eigenvalue weighted by Gasteiger charge is 2.39. The number of carbonyl (C=O) groups is 4. The summed E-state index contributed by atoms with van der Waals surface area (Å²) in [4.78, 5) is 62.4. The van der Waals surface area contributed by atoms with E-state index in [-0.39, 0.29) is 24.4 Å². The average molecular weight is 845 g/mol. The first-order chi connectivity index (χ1) is 30.4. The van der Waals surface area contributed by atoms with Gasteiger partial charge in [-0.3, -0.25) is 14.4 Å². The molecule has 2 atom stereocenters. The fraction of sp³-hybridized carbons (Fsp3) is 0.200. The van der Waals surface area contributed by atoms with E-state index in [0.29, 0.717) is 22.6 Å². The number of aliphatic carboxylic acids is 1. The van der Waals surface area contributed by atoms with Crippen molar-refractivity contribution in [3.63, 3.8) is 0 Å². The highest BCUT2D eigenvalue weighted by atomic mass is 16.5. The van der Waals surface area contributed by atoms with Crippen LogP contribution in [0.2, 0.25) is 0 Å². The smallest absolute Gasteiger partial charge is 0.326 e. The van der Waals surface area contributed by atoms with Crippen molar-refractivity contribution in [1.82, 2.24) is 30.5 Å². The van der Waals surface area contributed by atoms with Crippen LogP contribution in [0.5, 0.6) is 5.75 Å². The van der Waals surface area contributed by atoms with Gasteiger partial charge < -0.3 is 34.8 Å². The molecule has 0 fully saturated rings. The van der Waals surface area contributed by atoms with E-state index in [1.165, 1.54) is 6.26 Å². The van der Waals surface area contributed by atoms with Crippen molar-refractivity contribution in [1.29, 1.82) is 0 Å². The number of carboxylic acid groups (broad SMARTS) is 1. The maximum absolute atomic E-state index is 14.0. The first-order valence-corrected chi connectivity index (χ1v) is 20.5. The molecule has 0 aliphatic heterocycles. The van der Waals surface area contributed by atoms with Gasteiger partial charge in [-0.15, -0.1) is 0 Å². The Morgan fingerprint density at radius 3 is 1.81 bits per heavy atom. The molecule has 5 aromatic carbocycles. The number of nitrogens with zero attached hydrogens (tertiary/aromatic N) is 3. The summed E-state index contributed by atoms with van der Waals surface area (Å²) < 4.78 is 13.5. The van der Waals surface area contributed by atoms with Crippen LogP contribution in [-0.4, -0.2) is 67.6 Å². The van der Waals surface area contributed by atoms with Crippen LogP contribution in [-0.2, 0) is 32.8 Å². The molecule has 7 rings (SSSR count). The Kier molecular flexibility index (Phi) is 13.2. The monoisotopic (exact) mass is 844 g/mol. The number of hydrogen-bond acceptors (Lipinski definition) is 8. The summed E-state index contributed by atoms with van der Waals surface area (Å²) >= 11 is 0. The van der Waals surface area contributed by atoms with E-state index in [4.69, 9.17) is 14.1 Å². The second kappa shape index (κ2) is 19.3. The van der Waals surface area contributed by atoms with Gasteiger partial charge >= 0.3 is 5.97 Å². The molecule has 0 aliphatic carbocycles. The molecule has 0 saturated carbocycles. The minimum absolute atomic E-state index is 0.00867. The normalized spacial score (nSPS) is 12.4. The number of amides is 3. The van der Waals surface area contributed by atoms with Crippen LogP contribution in [0.15, 0.2) is 169 Å². The van der Waals surface area contributed by atoms with Crippen molar-refractivity contribution in [2.24, 2.45) is 0 Å². The number of carbonyl (C=O) groups excluding carboxylic acids is 3. The maximum Gasteiger partial charge on any atom is 0.326 e. The van der Waals surface area contributed by atoms with Crippen LogP contribution in [0, 0.1) is 0 Å². The Labute approximate surface area is 365 Å². The van der Waals surface area contributed by atoms with Crippen molar-refractivity contribution in [2.75, 3.05) is 6.54 Å². The van der Waals surface area contributed by atoms with Gasteiger partial charge in [-0.25, -0.2) is 14.8 Å². The standard InChI is InChI=1S/C50H48N6O7/c1-49(2,3)63-40-26-24-34(25-27-40)28-42(48(60)61)53-44(57)30-51-45(58)41(54-46(59)43-32-62-47(55-43)35-16-8-4-9-17-35)29-39-31-56(33-52-39)50(36-18-10-5-11-19-36,37-20-12-6-13-21-37)38-22-14-7-15-23-38/h4-27,31-33,41-42H,28-30H2,1-3H3,(H,51,58)(H,53,57)(H,54,59)(H,60,61)/t41-,42-/m0/s1. The summed E-state index contributed by atoms with van der Waals surface area (Å²) in [5.74, 6) is -2.53. The minimum atomic E-state index is -1.28. The molecule has 0 bridgehead atoms. The highest BCUT2D eigenvalue weighted by molar-refractivity contribution is 5.97. The first kappa shape index (κ1) is 43.3. The largest absolute Gasteiger partial charge is 0.488 e. The highest BCUT2D eigenvalue weighted by Crippen LogP contribution is 2.41. The van der Waals surface area contributed by atoms with Crippen LogP contribution in [0.25, 0.3) is 11.5 Å². The quantitative estimate of drug-likeness (QED) is 0.0716. The first-order valence-electron chi connectivity index (χ1n) is 20.5. The van der Waals surface area contributed by atoms with Crippen LogP contribution in [0.3, 0.4) is 0 Å². The molecule has 2 heterocycles. The van der Waals surface area contributed by atoms with Gasteiger partial charge in [-0.2, -0.15) is 0 Å². The molecule has 0 aliphatic rings. The van der Waals surface area contributed by atoms with E-state index in [1.807, 2.05) is 104 Å². The summed E-state index contributed by atoms with van der Waals surface area (Å²) in [6.07, 6.45) is 4.66. The van der Waals surface area contributed by atoms with E-state index >= 15 is 0 Å². The average Bonchev–Trinajstić information content (AvgIpc) is 3.98. The van der Waals surface area contributed by atoms with E-state index < -0.39 is 53.5 Å². The van der Waals surface area contributed by atoms with Gasteiger partial charge in [-0.05, 0) is 67.3 Å². The van der Waals surface area contributed by atoms with Gasteiger partial charge in [0.1, 0.15) is 35.2 Å². The number of rotatable bonds is 17. The van der Waals surface area contributed by atoms with Gasteiger partial charge in [0.25, 0.3) is 5.91 Å². The lowest BCUT2D eigenvalue weighted by molar-refractivity contribution is -0.141. The van der Waals surface area contributed by atoms with Gasteiger partial charge in [0.15, 0.2) is 5.69 Å². The topological polar surface area (TPSA) is 178 Å². The SMILES string of the molecule is CC(C)(C)Oc1ccc(C[C@H](NC(=O)CNC(=O)[C@H](Cc2cn(C(c3ccccc3)(c3ccccc3)c3ccccc3)cn2)NC(=O)c2coc(-c3ccccc3)n2)C(=O)O)cc1. The number of ether oxygens (including phenoxy) is 1. The minimum Gasteiger partial charge on any atom is -0.488 e. The third-order valence-corrected chi connectivity index (χ3v) is 10.2. The lowest BCUT2D eigenvalue weighted by Crippen LogP contribution is -2.52. The zero-order valence-corrected chi connectivity index (χ0v) is 35.1. The van der Waals surface area contributed by atoms with Crippen molar-refractivity contribution < 1.29 is 33.4 Å². The summed E-state index contributed by atoms with van der Waals surface area (Å²) in [5, 5.41) is 17.8. The van der Waals surface area contributed by atoms with Gasteiger partial charge in [0.2, 0.25) is 17.7 Å². The van der Waals surface area contributed by atoms with Crippen molar-refractivity contribution in [2.45, 2.75) is 56.8 Å². The predicted octanol–water partition coefficient (Wildman–Crippen LogP) is 6.83. The number of oxazole rings is 1. The van der Waals surface area contributed by atoms with Crippen LogP contribution >= 0.6 is 0 Å². The van der Waals surface area contributed by atoms with Gasteiger partial charge in [0.05, 0.1) is 18.6 Å². The van der Waals surface area contributed by atoms with Crippen molar-refractivity contribution in [3.05, 3.63) is 198 Å². The molecule has 4 N–H and O–H groups in total. The van der Waals surface area contributed by atoms with E-state index in [2.05, 4.69) is 57.3 Å². The predicted molar refractivity (Wildman–Crippen MR) is 237 cm³/mol. The lowest BCUT2D eigenvalue weighted by Gasteiger charge is -2.37. The zero-order chi connectivity index (χ0) is 44.4. The molecule has 13 heteroatoms. The fourth-order valence-corrected chi connectivity index (χ4v) is 7.40. The van der Waals surface area contributed by atoms with Gasteiger partial charge in [-0.1, -0.05) is 121 Å². The molecule has 2 aromatic heterocycles. The third kappa shape index (κ3) is 10.6. The molecule has 13 nitrogen and oxygen atoms in total. The number of imidazole rings is 1. The lowest BCUT2D eigenvalue weighted by atomic mass is 9.77. The summed E-state index contributed by atoms with van der Waals surface area (Å²) in [5.41, 5.74) is 3.32. The Morgan fingerprint density at radius 1 is 0.714 bits per heavy atom. The molecule has 320 valence electrons. The molecule has 0 radical (unpaired) electrons. The Balaban J connectivity index is 1.13. The van der Waals surface area contributed by atoms with E-state index in [9.17, 15) is 24.3 Å². The van der Waals surface area contributed by atoms with E-state index in [0.717, 1.165) is 16.7 Å². The maximum atomic E-state index is 14.0. The van der Waals surface area contributed by atoms with Crippen molar-refractivity contribution in [3.8, 4) is 17.2 Å². The van der Waals surface area contributed by atoms with Crippen LogP contribution < -0.4 is 20.7 Å². The summed E-state index contributed by atoms with van der Waals surface area (Å²) in [7, 11) is 0. The summed E-state index contributed by atoms with van der Waals surface area (Å²) in [6.45, 7) is 5.20. The molecule has 0 spiro atoms. The molecule has 63 heavy (non-hydrogen) atoms. The molecule has 3 amide bonds. The second-order valence-electron chi connectivity index (χ2n) is 16.0. The molecule has 0 unspecified atom stereocenters. The molecular formula is C50H48N6O7. The fourth-order valence-electron chi connectivity index (χ4n) is 7.40. The molecule has 0 saturated heterocycles. The number of benzene rings is 5. The van der Waals surface area contributed by atoms with Gasteiger partial charge in [0, 0.05) is 24.6 Å². The Morgan fingerprint density at radius 2 is 1.27 bits per heavy atom. The third-order valence-electron chi connectivity index (χ3n) is 10.2. The molecule has 7 aromatic rings. The summed E-state index contributed by atoms with van der Waals surface area (Å²) in [6, 6.07) is 43.5. The Hall–Kier alpha value is -7.80. The number of hydrogen-bond donors (Lipinski definition) is 4. The second-order valence-corrected chi connectivity index (χ2v) is 16.0. The Bertz CT molecular complexity index is 2530. The van der Waals surface area contributed by atoms with E-state index in [1.54, 1.807) is 42.7 Å². The number of nitrogens with one attached hydrogen (secondary N) is 3. The number of aromatic nitrogens is 3. The van der Waals surface area contributed by atoms with Crippen LogP contribution in [0.1, 0.15) is 59.2 Å². The molecular weight excluding hydrogens is 797 g/mol. The van der Waals surface area contributed by atoms with Crippen LogP contribution in [0.4, 0.5) is 0 Å². The number of carboxylic acids is 1.